The fourth-order valence-electron chi connectivity index (χ4n) is 1.66. The van der Waals surface area contributed by atoms with E-state index in [0.717, 1.165) is 5.69 Å². The molecule has 8 heteroatoms. The van der Waals surface area contributed by atoms with Gasteiger partial charge in [0.05, 0.1) is 5.56 Å². The van der Waals surface area contributed by atoms with Gasteiger partial charge in [-0.2, -0.15) is 10.2 Å². The van der Waals surface area contributed by atoms with E-state index in [-0.39, 0.29) is 5.82 Å². The van der Waals surface area contributed by atoms with Crippen molar-refractivity contribution >= 4 is 28.0 Å². The highest BCUT2D eigenvalue weighted by molar-refractivity contribution is 7.14. The van der Waals surface area contributed by atoms with Crippen LogP contribution in [0.3, 0.4) is 0 Å². The third-order valence-corrected chi connectivity index (χ3v) is 3.48. The Morgan fingerprint density at radius 1 is 1.50 bits per heavy atom. The molecule has 0 aromatic carbocycles. The maximum Gasteiger partial charge on any atom is 0.296 e. The Kier molecular flexibility index (Phi) is 2.89. The Morgan fingerprint density at radius 3 is 3.10 bits per heavy atom. The van der Waals surface area contributed by atoms with E-state index in [1.165, 1.54) is 15.9 Å². The lowest BCUT2D eigenvalue weighted by Gasteiger charge is -1.98. The van der Waals surface area contributed by atoms with Crippen LogP contribution < -0.4 is 5.32 Å². The van der Waals surface area contributed by atoms with Crippen LogP contribution in [-0.2, 0) is 0 Å². The smallest absolute Gasteiger partial charge is 0.296 e. The molecular weight excluding hydrogens is 276 g/mol. The molecule has 0 saturated carbocycles. The summed E-state index contributed by atoms with van der Waals surface area (Å²) in [7, 11) is 0. The number of nitriles is 1. The fourth-order valence-corrected chi connectivity index (χ4v) is 2.39. The number of rotatable bonds is 2. The molecule has 3 aromatic rings. The minimum absolute atomic E-state index is 0.0177. The highest BCUT2D eigenvalue weighted by Gasteiger charge is 2.16. The minimum atomic E-state index is -0.464. The molecule has 0 bridgehead atoms. The van der Waals surface area contributed by atoms with Crippen molar-refractivity contribution in [3.63, 3.8) is 0 Å². The van der Waals surface area contributed by atoms with Crippen molar-refractivity contribution in [2.24, 2.45) is 0 Å². The van der Waals surface area contributed by atoms with Crippen LogP contribution in [0, 0.1) is 18.3 Å². The Labute approximate surface area is 117 Å². The molecule has 7 nitrogen and oxygen atoms in total. The first-order chi connectivity index (χ1) is 9.69. The topological polar surface area (TPSA) is 96.0 Å². The van der Waals surface area contributed by atoms with E-state index >= 15 is 0 Å². The first-order valence-electron chi connectivity index (χ1n) is 5.66. The van der Waals surface area contributed by atoms with Crippen molar-refractivity contribution in [3.05, 3.63) is 40.8 Å². The van der Waals surface area contributed by atoms with Crippen LogP contribution >= 0.6 is 11.3 Å². The molecule has 1 N–H and O–H groups in total. The van der Waals surface area contributed by atoms with Crippen LogP contribution in [0.25, 0.3) is 5.78 Å². The van der Waals surface area contributed by atoms with E-state index in [1.807, 2.05) is 13.0 Å². The number of anilines is 1. The number of amides is 1. The normalized spacial score (nSPS) is 10.4. The summed E-state index contributed by atoms with van der Waals surface area (Å²) < 4.78 is 1.49. The molecule has 0 spiro atoms. The molecule has 1 amide bonds. The van der Waals surface area contributed by atoms with Gasteiger partial charge < -0.3 is 5.32 Å². The van der Waals surface area contributed by atoms with Gasteiger partial charge in [0.2, 0.25) is 5.82 Å². The summed E-state index contributed by atoms with van der Waals surface area (Å²) in [5.74, 6) is -0.0835. The van der Waals surface area contributed by atoms with Crippen LogP contribution in [0.2, 0.25) is 0 Å². The molecule has 0 radical (unpaired) electrons. The number of aromatic nitrogens is 4. The number of carbonyl (C=O) groups excluding carboxylic acids is 1. The molecule has 0 atom stereocenters. The zero-order valence-electron chi connectivity index (χ0n) is 10.4. The predicted molar refractivity (Wildman–Crippen MR) is 72.5 cm³/mol. The lowest BCUT2D eigenvalue weighted by molar-refractivity contribution is 0.101. The molecule has 0 aliphatic rings. The van der Waals surface area contributed by atoms with Gasteiger partial charge in [0, 0.05) is 11.9 Å². The average molecular weight is 284 g/mol. The number of fused-ring (bicyclic) bond motifs is 1. The third-order valence-electron chi connectivity index (χ3n) is 2.65. The maximum atomic E-state index is 12.1. The summed E-state index contributed by atoms with van der Waals surface area (Å²) in [6.07, 6.45) is 1.61. The van der Waals surface area contributed by atoms with Crippen LogP contribution in [-0.4, -0.2) is 25.5 Å². The largest absolute Gasteiger partial charge is 0.310 e. The molecule has 3 heterocycles. The number of nitrogens with one attached hydrogen (secondary N) is 1. The van der Waals surface area contributed by atoms with Gasteiger partial charge >= 0.3 is 0 Å². The summed E-state index contributed by atoms with van der Waals surface area (Å²) >= 11 is 1.27. The molecule has 0 fully saturated rings. The molecule has 0 unspecified atom stereocenters. The van der Waals surface area contributed by atoms with Crippen LogP contribution in [0.15, 0.2) is 23.7 Å². The molecule has 20 heavy (non-hydrogen) atoms. The van der Waals surface area contributed by atoms with E-state index in [0.29, 0.717) is 16.3 Å². The number of thiophene rings is 1. The summed E-state index contributed by atoms with van der Waals surface area (Å²) in [5, 5.41) is 17.9. The van der Waals surface area contributed by atoms with Gasteiger partial charge in [-0.25, -0.2) is 9.50 Å². The Morgan fingerprint density at radius 2 is 2.35 bits per heavy atom. The van der Waals surface area contributed by atoms with Crippen molar-refractivity contribution in [2.45, 2.75) is 6.92 Å². The van der Waals surface area contributed by atoms with Crippen LogP contribution in [0.1, 0.15) is 21.9 Å². The lowest BCUT2D eigenvalue weighted by atomic mass is 10.3. The highest BCUT2D eigenvalue weighted by atomic mass is 32.1. The van der Waals surface area contributed by atoms with Crippen molar-refractivity contribution in [1.82, 2.24) is 19.6 Å². The number of hydrogen-bond donors (Lipinski definition) is 1. The van der Waals surface area contributed by atoms with Crippen molar-refractivity contribution in [1.29, 1.82) is 5.26 Å². The van der Waals surface area contributed by atoms with E-state index < -0.39 is 5.91 Å². The zero-order valence-corrected chi connectivity index (χ0v) is 11.2. The average Bonchev–Trinajstić information content (AvgIpc) is 3.05. The van der Waals surface area contributed by atoms with Gasteiger partial charge in [0.1, 0.15) is 11.1 Å². The van der Waals surface area contributed by atoms with E-state index in [9.17, 15) is 4.79 Å². The summed E-state index contributed by atoms with van der Waals surface area (Å²) in [6.45, 7) is 1.85. The number of hydrogen-bond acceptors (Lipinski definition) is 6. The van der Waals surface area contributed by atoms with Crippen molar-refractivity contribution < 1.29 is 4.79 Å². The quantitative estimate of drug-likeness (QED) is 0.771. The van der Waals surface area contributed by atoms with Gasteiger partial charge in [-0.05, 0) is 24.4 Å². The minimum Gasteiger partial charge on any atom is -0.310 e. The van der Waals surface area contributed by atoms with Crippen molar-refractivity contribution in [2.75, 3.05) is 5.32 Å². The Bertz CT molecular complexity index is 843. The predicted octanol–water partition coefficient (Wildman–Crippen LogP) is 1.62. The van der Waals surface area contributed by atoms with Gasteiger partial charge in [-0.1, -0.05) is 0 Å². The highest BCUT2D eigenvalue weighted by Crippen LogP contribution is 2.22. The summed E-state index contributed by atoms with van der Waals surface area (Å²) in [6, 6.07) is 5.42. The third kappa shape index (κ3) is 2.00. The Hall–Kier alpha value is -2.79. The number of aryl methyl sites for hydroxylation is 1. The van der Waals surface area contributed by atoms with E-state index in [1.54, 1.807) is 23.7 Å². The van der Waals surface area contributed by atoms with E-state index in [4.69, 9.17) is 5.26 Å². The van der Waals surface area contributed by atoms with Crippen LogP contribution in [0.5, 0.6) is 0 Å². The van der Waals surface area contributed by atoms with Gasteiger partial charge in [-0.15, -0.1) is 16.4 Å². The zero-order chi connectivity index (χ0) is 14.1. The molecular formula is C12H8N6OS. The molecule has 3 rings (SSSR count). The molecule has 0 aliphatic heterocycles. The molecule has 0 saturated heterocycles. The standard InChI is InChI=1S/C12H8N6OS/c1-7-2-4-14-12-15-9(17-18(7)12)10(19)16-11-8(6-13)3-5-20-11/h2-5H,1H3,(H,16,19). The van der Waals surface area contributed by atoms with Gasteiger partial charge in [0.25, 0.3) is 11.7 Å². The first kappa shape index (κ1) is 12.3. The summed E-state index contributed by atoms with van der Waals surface area (Å²) in [4.78, 5) is 20.2. The lowest BCUT2D eigenvalue weighted by Crippen LogP contribution is -2.13. The van der Waals surface area contributed by atoms with Gasteiger partial charge in [-0.3, -0.25) is 4.79 Å². The van der Waals surface area contributed by atoms with E-state index in [2.05, 4.69) is 20.4 Å². The summed E-state index contributed by atoms with van der Waals surface area (Å²) in [5.41, 5.74) is 1.25. The second-order valence-electron chi connectivity index (χ2n) is 3.96. The number of nitrogens with zero attached hydrogens (tertiary/aromatic N) is 5. The number of carbonyl (C=O) groups is 1. The second kappa shape index (κ2) is 4.71. The SMILES string of the molecule is Cc1ccnc2nc(C(=O)Nc3sccc3C#N)nn12. The maximum absolute atomic E-state index is 12.1. The Balaban J connectivity index is 1.93. The van der Waals surface area contributed by atoms with Crippen LogP contribution in [0.4, 0.5) is 5.00 Å². The molecule has 3 aromatic heterocycles. The van der Waals surface area contributed by atoms with Gasteiger partial charge in [0.15, 0.2) is 0 Å². The fraction of sp³-hybridized carbons (Fsp3) is 0.0833. The monoisotopic (exact) mass is 284 g/mol. The molecule has 0 aliphatic carbocycles. The van der Waals surface area contributed by atoms with Crippen molar-refractivity contribution in [3.8, 4) is 6.07 Å². The molecule has 98 valence electrons. The first-order valence-corrected chi connectivity index (χ1v) is 6.54. The second-order valence-corrected chi connectivity index (χ2v) is 4.88.